The molecule has 1 aliphatic heterocycles. The van der Waals surface area contributed by atoms with Gasteiger partial charge in [0, 0.05) is 17.1 Å². The maximum Gasteiger partial charge on any atom is 0.162 e. The number of hydrogen-bond donors (Lipinski definition) is 1. The van der Waals surface area contributed by atoms with Crippen LogP contribution in [0, 0.1) is 0 Å². The smallest absolute Gasteiger partial charge is 0.162 e. The van der Waals surface area contributed by atoms with Gasteiger partial charge in [-0.15, -0.1) is 11.8 Å². The highest BCUT2D eigenvalue weighted by molar-refractivity contribution is 7.98. The Bertz CT molecular complexity index is 595. The van der Waals surface area contributed by atoms with E-state index in [2.05, 4.69) is 18.2 Å². The van der Waals surface area contributed by atoms with Gasteiger partial charge in [-0.05, 0) is 29.3 Å². The van der Waals surface area contributed by atoms with Gasteiger partial charge in [0.05, 0.1) is 19.8 Å². The zero-order chi connectivity index (χ0) is 14.5. The van der Waals surface area contributed by atoms with E-state index in [0.29, 0.717) is 6.61 Å². The molecule has 0 unspecified atom stereocenters. The Morgan fingerprint density at radius 2 is 1.62 bits per heavy atom. The van der Waals surface area contributed by atoms with Gasteiger partial charge < -0.3 is 14.6 Å². The second kappa shape index (κ2) is 6.87. The lowest BCUT2D eigenvalue weighted by molar-refractivity contribution is 0.282. The summed E-state index contributed by atoms with van der Waals surface area (Å²) in [5, 5.41) is 9.04. The van der Waals surface area contributed by atoms with Gasteiger partial charge in [0.15, 0.2) is 11.5 Å². The summed E-state index contributed by atoms with van der Waals surface area (Å²) < 4.78 is 11.3. The molecule has 110 valence electrons. The molecule has 0 aliphatic carbocycles. The highest BCUT2D eigenvalue weighted by Gasteiger charge is 2.10. The number of benzene rings is 2. The van der Waals surface area contributed by atoms with E-state index in [9.17, 15) is 0 Å². The molecule has 2 aromatic carbocycles. The van der Waals surface area contributed by atoms with Crippen LogP contribution in [0.25, 0.3) is 0 Å². The molecule has 0 amide bonds. The Morgan fingerprint density at radius 3 is 2.38 bits per heavy atom. The number of ether oxygens (including phenoxy) is 2. The second-order valence-electron chi connectivity index (χ2n) is 4.92. The first-order chi connectivity index (χ1) is 10.3. The topological polar surface area (TPSA) is 38.7 Å². The van der Waals surface area contributed by atoms with Gasteiger partial charge in [-0.2, -0.15) is 0 Å². The normalized spacial score (nSPS) is 13.8. The van der Waals surface area contributed by atoms with Crippen LogP contribution in [0.5, 0.6) is 11.5 Å². The monoisotopic (exact) mass is 302 g/mol. The van der Waals surface area contributed by atoms with Crippen molar-refractivity contribution in [2.45, 2.75) is 23.7 Å². The van der Waals surface area contributed by atoms with Gasteiger partial charge in [0.2, 0.25) is 0 Å². The van der Waals surface area contributed by atoms with Crippen LogP contribution >= 0.6 is 11.8 Å². The largest absolute Gasteiger partial charge is 0.490 e. The molecule has 0 spiro atoms. The number of hydrogen-bond acceptors (Lipinski definition) is 4. The average Bonchev–Trinajstić information content (AvgIpc) is 2.78. The van der Waals surface area contributed by atoms with E-state index < -0.39 is 0 Å². The van der Waals surface area contributed by atoms with Crippen LogP contribution in [-0.4, -0.2) is 18.3 Å². The summed E-state index contributed by atoms with van der Waals surface area (Å²) in [6, 6.07) is 14.1. The molecule has 1 aliphatic rings. The van der Waals surface area contributed by atoms with Crippen molar-refractivity contribution in [1.29, 1.82) is 0 Å². The lowest BCUT2D eigenvalue weighted by Crippen LogP contribution is -1.97. The molecular weight excluding hydrogens is 284 g/mol. The molecule has 0 bridgehead atoms. The molecule has 3 rings (SSSR count). The van der Waals surface area contributed by atoms with Crippen LogP contribution in [0.15, 0.2) is 47.4 Å². The third-order valence-electron chi connectivity index (χ3n) is 3.33. The predicted molar refractivity (Wildman–Crippen MR) is 84.0 cm³/mol. The lowest BCUT2D eigenvalue weighted by Gasteiger charge is -2.09. The molecule has 21 heavy (non-hydrogen) atoms. The highest BCUT2D eigenvalue weighted by Crippen LogP contribution is 2.34. The van der Waals surface area contributed by atoms with Crippen molar-refractivity contribution in [3.63, 3.8) is 0 Å². The minimum Gasteiger partial charge on any atom is -0.490 e. The molecule has 1 heterocycles. The summed E-state index contributed by atoms with van der Waals surface area (Å²) in [4.78, 5) is 1.17. The predicted octanol–water partition coefficient (Wildman–Crippen LogP) is 3.63. The molecule has 0 aromatic heterocycles. The lowest BCUT2D eigenvalue weighted by atomic mass is 10.2. The van der Waals surface area contributed by atoms with Crippen LogP contribution in [0.3, 0.4) is 0 Å². The zero-order valence-electron chi connectivity index (χ0n) is 11.7. The van der Waals surface area contributed by atoms with Crippen LogP contribution in [0.1, 0.15) is 17.5 Å². The summed E-state index contributed by atoms with van der Waals surface area (Å²) in [5.74, 6) is 2.57. The van der Waals surface area contributed by atoms with E-state index in [4.69, 9.17) is 14.6 Å². The van der Waals surface area contributed by atoms with Gasteiger partial charge >= 0.3 is 0 Å². The first-order valence-corrected chi connectivity index (χ1v) is 8.05. The number of fused-ring (bicyclic) bond motifs is 1. The van der Waals surface area contributed by atoms with Crippen LogP contribution in [-0.2, 0) is 12.4 Å². The van der Waals surface area contributed by atoms with Crippen LogP contribution < -0.4 is 9.47 Å². The maximum absolute atomic E-state index is 9.04. The number of aliphatic hydroxyl groups excluding tert-OH is 1. The van der Waals surface area contributed by atoms with Gasteiger partial charge in [0.25, 0.3) is 0 Å². The van der Waals surface area contributed by atoms with Crippen molar-refractivity contribution in [2.75, 3.05) is 13.2 Å². The van der Waals surface area contributed by atoms with E-state index in [1.807, 2.05) is 24.3 Å². The average molecular weight is 302 g/mol. The molecule has 4 heteroatoms. The summed E-state index contributed by atoms with van der Waals surface area (Å²) >= 11 is 1.77. The van der Waals surface area contributed by atoms with Crippen molar-refractivity contribution in [3.05, 3.63) is 53.6 Å². The first-order valence-electron chi connectivity index (χ1n) is 7.06. The molecule has 0 atom stereocenters. The van der Waals surface area contributed by atoms with Gasteiger partial charge in [0.1, 0.15) is 0 Å². The summed E-state index contributed by atoms with van der Waals surface area (Å²) in [6.45, 7) is 1.52. The van der Waals surface area contributed by atoms with Crippen molar-refractivity contribution in [1.82, 2.24) is 0 Å². The van der Waals surface area contributed by atoms with Crippen molar-refractivity contribution >= 4 is 11.8 Å². The fraction of sp³-hybridized carbons (Fsp3) is 0.294. The third-order valence-corrected chi connectivity index (χ3v) is 4.39. The fourth-order valence-electron chi connectivity index (χ4n) is 2.14. The molecule has 0 fully saturated rings. The van der Waals surface area contributed by atoms with E-state index in [1.54, 1.807) is 11.8 Å². The standard InChI is InChI=1S/C17H18O3S/c18-11-13-2-4-14(5-3-13)12-21-15-6-7-16-17(10-15)20-9-1-8-19-16/h2-7,10,18H,1,8-9,11-12H2. The second-order valence-corrected chi connectivity index (χ2v) is 5.97. The summed E-state index contributed by atoms with van der Waals surface area (Å²) in [6.07, 6.45) is 0.925. The van der Waals surface area contributed by atoms with E-state index >= 15 is 0 Å². The number of thioether (sulfide) groups is 1. The van der Waals surface area contributed by atoms with Crippen molar-refractivity contribution in [2.24, 2.45) is 0 Å². The quantitative estimate of drug-likeness (QED) is 0.875. The zero-order valence-corrected chi connectivity index (χ0v) is 12.6. The molecule has 3 nitrogen and oxygen atoms in total. The summed E-state index contributed by atoms with van der Waals surface area (Å²) in [5.41, 5.74) is 2.18. The Labute approximate surface area is 128 Å². The Morgan fingerprint density at radius 1 is 0.905 bits per heavy atom. The van der Waals surface area contributed by atoms with Crippen molar-refractivity contribution < 1.29 is 14.6 Å². The molecule has 2 aromatic rings. The minimum atomic E-state index is 0.0928. The SMILES string of the molecule is OCc1ccc(CSc2ccc3c(c2)OCCCO3)cc1. The number of rotatable bonds is 4. The molecular formula is C17H18O3S. The van der Waals surface area contributed by atoms with E-state index in [1.165, 1.54) is 10.5 Å². The molecule has 0 saturated heterocycles. The van der Waals surface area contributed by atoms with Crippen LogP contribution in [0.2, 0.25) is 0 Å². The molecule has 0 saturated carbocycles. The minimum absolute atomic E-state index is 0.0928. The maximum atomic E-state index is 9.04. The number of aliphatic hydroxyl groups is 1. The fourth-order valence-corrected chi connectivity index (χ4v) is 3.02. The van der Waals surface area contributed by atoms with Gasteiger partial charge in [-0.1, -0.05) is 24.3 Å². The Kier molecular flexibility index (Phi) is 4.68. The van der Waals surface area contributed by atoms with E-state index in [0.717, 1.165) is 35.8 Å². The Hall–Kier alpha value is -1.65. The Balaban J connectivity index is 1.66. The van der Waals surface area contributed by atoms with Gasteiger partial charge in [-0.3, -0.25) is 0 Å². The van der Waals surface area contributed by atoms with Gasteiger partial charge in [-0.25, -0.2) is 0 Å². The van der Waals surface area contributed by atoms with Crippen LogP contribution in [0.4, 0.5) is 0 Å². The molecule has 0 radical (unpaired) electrons. The molecule has 1 N–H and O–H groups in total. The summed E-state index contributed by atoms with van der Waals surface area (Å²) in [7, 11) is 0. The highest BCUT2D eigenvalue weighted by atomic mass is 32.2. The van der Waals surface area contributed by atoms with Crippen molar-refractivity contribution in [3.8, 4) is 11.5 Å². The first kappa shape index (κ1) is 14.3. The third kappa shape index (κ3) is 3.71. The van der Waals surface area contributed by atoms with E-state index in [-0.39, 0.29) is 6.61 Å².